The van der Waals surface area contributed by atoms with E-state index in [0.717, 1.165) is 44.5 Å². The molecular formula is C48H32N6O2S. The van der Waals surface area contributed by atoms with Gasteiger partial charge in [-0.1, -0.05) is 146 Å². The molecule has 272 valence electrons. The van der Waals surface area contributed by atoms with E-state index in [1.165, 1.54) is 0 Å². The maximum atomic E-state index is 13.6. The number of fused-ring (bicyclic) bond motifs is 3. The summed E-state index contributed by atoms with van der Waals surface area (Å²) in [5.41, 5.74) is 8.15. The predicted octanol–water partition coefficient (Wildman–Crippen LogP) is 9.85. The molecule has 0 fully saturated rings. The van der Waals surface area contributed by atoms with Crippen LogP contribution in [0.1, 0.15) is 22.9 Å². The molecule has 7 aromatic carbocycles. The first-order chi connectivity index (χ1) is 28.0. The summed E-state index contributed by atoms with van der Waals surface area (Å²) in [5, 5.41) is 3.49. The van der Waals surface area contributed by atoms with E-state index in [9.17, 15) is 8.42 Å². The van der Waals surface area contributed by atoms with E-state index in [0.29, 0.717) is 50.1 Å². The number of rotatable bonds is 7. The zero-order valence-corrected chi connectivity index (χ0v) is 31.2. The minimum Gasteiger partial charge on any atom is -0.324 e. The van der Waals surface area contributed by atoms with E-state index in [-0.39, 0.29) is 0 Å². The fourth-order valence-corrected chi connectivity index (χ4v) is 8.98. The average Bonchev–Trinajstić information content (AvgIpc) is 3.52. The monoisotopic (exact) mass is 756 g/mol. The number of nitrogens with one attached hydrogen (secondary N) is 1. The van der Waals surface area contributed by atoms with Crippen molar-refractivity contribution in [3.63, 3.8) is 0 Å². The van der Waals surface area contributed by atoms with Gasteiger partial charge in [0.15, 0.2) is 23.6 Å². The highest BCUT2D eigenvalue weighted by Crippen LogP contribution is 2.45. The van der Waals surface area contributed by atoms with Gasteiger partial charge in [0.2, 0.25) is 9.84 Å². The summed E-state index contributed by atoms with van der Waals surface area (Å²) >= 11 is 0. The van der Waals surface area contributed by atoms with Crippen LogP contribution < -0.4 is 5.32 Å². The molecule has 0 radical (unpaired) electrons. The van der Waals surface area contributed by atoms with Crippen molar-refractivity contribution in [3.05, 3.63) is 199 Å². The van der Waals surface area contributed by atoms with Crippen molar-refractivity contribution in [2.75, 3.05) is 0 Å². The number of benzene rings is 7. The third kappa shape index (κ3) is 6.39. The Morgan fingerprint density at radius 1 is 0.386 bits per heavy atom. The van der Waals surface area contributed by atoms with E-state index in [1.54, 1.807) is 18.2 Å². The van der Waals surface area contributed by atoms with Gasteiger partial charge >= 0.3 is 0 Å². The van der Waals surface area contributed by atoms with Crippen LogP contribution in [0.2, 0.25) is 0 Å². The minimum absolute atomic E-state index is 0.300. The quantitative estimate of drug-likeness (QED) is 0.173. The molecule has 2 aliphatic heterocycles. The van der Waals surface area contributed by atoms with Crippen LogP contribution >= 0.6 is 0 Å². The maximum absolute atomic E-state index is 13.6. The van der Waals surface area contributed by atoms with Crippen LogP contribution in [0.15, 0.2) is 202 Å². The molecule has 57 heavy (non-hydrogen) atoms. The fraction of sp³-hybridized carbons (Fsp3) is 0.0208. The Hall–Kier alpha value is -7.36. The lowest BCUT2D eigenvalue weighted by Crippen LogP contribution is -2.36. The summed E-state index contributed by atoms with van der Waals surface area (Å²) < 4.78 is 27.1. The number of amidine groups is 2. The van der Waals surface area contributed by atoms with Gasteiger partial charge in [-0.05, 0) is 53.1 Å². The molecule has 0 saturated carbocycles. The van der Waals surface area contributed by atoms with Crippen molar-refractivity contribution in [1.82, 2.24) is 20.3 Å². The van der Waals surface area contributed by atoms with E-state index in [2.05, 4.69) is 11.4 Å². The van der Waals surface area contributed by atoms with Crippen molar-refractivity contribution in [2.45, 2.75) is 16.0 Å². The van der Waals surface area contributed by atoms with Gasteiger partial charge in [-0.3, -0.25) is 0 Å². The summed E-state index contributed by atoms with van der Waals surface area (Å²) in [7, 11) is -3.64. The Labute approximate surface area is 330 Å². The molecule has 10 rings (SSSR count). The highest BCUT2D eigenvalue weighted by Gasteiger charge is 2.33. The predicted molar refractivity (Wildman–Crippen MR) is 224 cm³/mol. The smallest absolute Gasteiger partial charge is 0.207 e. The molecule has 0 bridgehead atoms. The van der Waals surface area contributed by atoms with Gasteiger partial charge in [-0.2, -0.15) is 0 Å². The Bertz CT molecular complexity index is 2880. The summed E-state index contributed by atoms with van der Waals surface area (Å²) in [6.45, 7) is 0. The molecule has 1 N–H and O–H groups in total. The van der Waals surface area contributed by atoms with Gasteiger partial charge in [-0.15, -0.1) is 0 Å². The molecule has 2 aliphatic rings. The number of sulfone groups is 1. The number of hydrogen-bond acceptors (Lipinski definition) is 8. The van der Waals surface area contributed by atoms with Crippen molar-refractivity contribution < 1.29 is 8.42 Å². The van der Waals surface area contributed by atoms with Gasteiger partial charge in [0.1, 0.15) is 11.7 Å². The fourth-order valence-electron chi connectivity index (χ4n) is 7.32. The number of aromatic nitrogens is 3. The van der Waals surface area contributed by atoms with E-state index < -0.39 is 16.0 Å². The number of hydrogen-bond donors (Lipinski definition) is 1. The Kier molecular flexibility index (Phi) is 8.42. The van der Waals surface area contributed by atoms with Crippen molar-refractivity contribution >= 4 is 21.5 Å². The molecule has 3 heterocycles. The van der Waals surface area contributed by atoms with Gasteiger partial charge < -0.3 is 5.32 Å². The molecule has 0 aliphatic carbocycles. The second kappa shape index (κ2) is 14.1. The first-order valence-electron chi connectivity index (χ1n) is 18.5. The lowest BCUT2D eigenvalue weighted by Gasteiger charge is -2.23. The second-order valence-electron chi connectivity index (χ2n) is 13.8. The summed E-state index contributed by atoms with van der Waals surface area (Å²) in [6.07, 6.45) is -0.644. The van der Waals surface area contributed by atoms with Crippen LogP contribution in [0.25, 0.3) is 56.4 Å². The van der Waals surface area contributed by atoms with Crippen LogP contribution in [0.4, 0.5) is 0 Å². The summed E-state index contributed by atoms with van der Waals surface area (Å²) in [6, 6.07) is 58.6. The van der Waals surface area contributed by atoms with Gasteiger partial charge in [0.25, 0.3) is 0 Å². The zero-order chi connectivity index (χ0) is 38.3. The number of nitrogens with zero attached hydrogens (tertiary/aromatic N) is 5. The van der Waals surface area contributed by atoms with Gasteiger partial charge in [0, 0.05) is 38.9 Å². The molecule has 0 spiro atoms. The van der Waals surface area contributed by atoms with Crippen LogP contribution in [-0.2, 0) is 9.84 Å². The lowest BCUT2D eigenvalue weighted by molar-refractivity contribution is 0.598. The zero-order valence-electron chi connectivity index (χ0n) is 30.4. The topological polar surface area (TPSA) is 110 Å². The molecule has 0 amide bonds. The SMILES string of the molecule is O=S1(=O)c2ccccc2-c2cc(-c3cc(-c4nc(-c5ccccc5)nc(-c5ccccc5)n4)cc(C4N=C(c5ccccc5)NC(c5ccccc5)=N4)c3)ccc21. The van der Waals surface area contributed by atoms with E-state index in [1.807, 2.05) is 158 Å². The van der Waals surface area contributed by atoms with Crippen molar-refractivity contribution in [2.24, 2.45) is 9.98 Å². The van der Waals surface area contributed by atoms with Crippen molar-refractivity contribution in [3.8, 4) is 56.4 Å². The van der Waals surface area contributed by atoms with Crippen molar-refractivity contribution in [1.29, 1.82) is 0 Å². The molecule has 8 nitrogen and oxygen atoms in total. The largest absolute Gasteiger partial charge is 0.324 e. The summed E-state index contributed by atoms with van der Waals surface area (Å²) in [4.78, 5) is 26.1. The molecule has 8 aromatic rings. The van der Waals surface area contributed by atoms with E-state index in [4.69, 9.17) is 24.9 Å². The first-order valence-corrected chi connectivity index (χ1v) is 20.0. The third-order valence-electron chi connectivity index (χ3n) is 10.1. The average molecular weight is 757 g/mol. The van der Waals surface area contributed by atoms with Crippen LogP contribution in [0, 0.1) is 0 Å². The second-order valence-corrected chi connectivity index (χ2v) is 15.7. The van der Waals surface area contributed by atoms with Gasteiger partial charge in [-0.25, -0.2) is 33.4 Å². The van der Waals surface area contributed by atoms with E-state index >= 15 is 0 Å². The van der Waals surface area contributed by atoms with Gasteiger partial charge in [0.05, 0.1) is 9.79 Å². The van der Waals surface area contributed by atoms with Crippen LogP contribution in [0.5, 0.6) is 0 Å². The molecule has 0 unspecified atom stereocenters. The molecule has 0 atom stereocenters. The van der Waals surface area contributed by atoms with Crippen LogP contribution in [-0.4, -0.2) is 35.0 Å². The standard InChI is InChI=1S/C48H32N6O2S/c55-57(56)41-24-14-13-23-39(41)40-30-35(25-26-42(40)57)36-27-37(47-51-43(31-15-5-1-6-16-31)49-44(52-47)32-17-7-2-8-18-32)29-38(28-36)48-53-45(33-19-9-3-10-20-33)50-46(54-48)34-21-11-4-12-22-34/h1-30,47H,(H,49,51,52). The first kappa shape index (κ1) is 34.2. The lowest BCUT2D eigenvalue weighted by atomic mass is 9.95. The maximum Gasteiger partial charge on any atom is 0.207 e. The Morgan fingerprint density at radius 3 is 1.40 bits per heavy atom. The van der Waals surface area contributed by atoms with Crippen LogP contribution in [0.3, 0.4) is 0 Å². The Morgan fingerprint density at radius 2 is 0.842 bits per heavy atom. The molecule has 0 saturated heterocycles. The Balaban J connectivity index is 1.20. The normalized spacial score (nSPS) is 14.2. The summed E-state index contributed by atoms with van der Waals surface area (Å²) in [5.74, 6) is 2.95. The number of aliphatic imine (C=N–C) groups is 2. The highest BCUT2D eigenvalue weighted by molar-refractivity contribution is 7.92. The molecule has 9 heteroatoms. The third-order valence-corrected chi connectivity index (χ3v) is 12.0. The minimum atomic E-state index is -3.64. The highest BCUT2D eigenvalue weighted by atomic mass is 32.2. The molecular weight excluding hydrogens is 725 g/mol. The molecule has 1 aromatic heterocycles.